The fourth-order valence-electron chi connectivity index (χ4n) is 2.53. The van der Waals surface area contributed by atoms with Gasteiger partial charge in [0, 0.05) is 11.1 Å². The Kier molecular flexibility index (Phi) is 7.31. The molecule has 3 heteroatoms. The van der Waals surface area contributed by atoms with Gasteiger partial charge < -0.3 is 5.11 Å². The van der Waals surface area contributed by atoms with Crippen LogP contribution in [0.1, 0.15) is 48.9 Å². The topological polar surface area (TPSA) is 37.3 Å². The van der Waals surface area contributed by atoms with Crippen molar-refractivity contribution in [2.45, 2.75) is 47.5 Å². The van der Waals surface area contributed by atoms with E-state index >= 15 is 0 Å². The molecule has 0 saturated heterocycles. The molecule has 0 spiro atoms. The van der Waals surface area contributed by atoms with Crippen LogP contribution < -0.4 is 0 Å². The van der Waals surface area contributed by atoms with Crippen LogP contribution in [0.2, 0.25) is 5.02 Å². The van der Waals surface area contributed by atoms with Crippen molar-refractivity contribution in [3.63, 3.8) is 0 Å². The van der Waals surface area contributed by atoms with Crippen molar-refractivity contribution in [1.29, 1.82) is 0 Å². The Bertz CT molecular complexity index is 679. The highest BCUT2D eigenvalue weighted by Crippen LogP contribution is 2.27. The van der Waals surface area contributed by atoms with Gasteiger partial charge in [-0.1, -0.05) is 47.0 Å². The van der Waals surface area contributed by atoms with E-state index in [0.717, 1.165) is 45.7 Å². The lowest BCUT2D eigenvalue weighted by atomic mass is 9.98. The predicted octanol–water partition coefficient (Wildman–Crippen LogP) is 6.04. The van der Waals surface area contributed by atoms with Crippen molar-refractivity contribution in [2.24, 2.45) is 0 Å². The van der Waals surface area contributed by atoms with Crippen LogP contribution in [0.4, 0.5) is 0 Å². The summed E-state index contributed by atoms with van der Waals surface area (Å²) in [5, 5.41) is 9.51. The Balaban J connectivity index is 2.80. The molecule has 23 heavy (non-hydrogen) atoms. The molecule has 0 fully saturated rings. The summed E-state index contributed by atoms with van der Waals surface area (Å²) in [4.78, 5) is 10.6. The molecule has 1 aromatic carbocycles. The molecule has 0 aliphatic heterocycles. The van der Waals surface area contributed by atoms with Gasteiger partial charge in [-0.2, -0.15) is 0 Å². The van der Waals surface area contributed by atoms with Crippen molar-refractivity contribution in [2.75, 3.05) is 0 Å². The number of allylic oxidation sites excluding steroid dienone is 4. The summed E-state index contributed by atoms with van der Waals surface area (Å²) in [6, 6.07) is 2.11. The second-order valence-electron chi connectivity index (χ2n) is 6.01. The Morgan fingerprint density at radius 1 is 1.22 bits per heavy atom. The lowest BCUT2D eigenvalue weighted by Crippen LogP contribution is -1.91. The van der Waals surface area contributed by atoms with Gasteiger partial charge in [-0.05, 0) is 69.7 Å². The van der Waals surface area contributed by atoms with Crippen LogP contribution in [0.25, 0.3) is 6.08 Å². The number of carboxylic acid groups (broad SMARTS) is 1. The molecular formula is C20H25ClO2. The minimum atomic E-state index is -0.884. The molecule has 1 aromatic rings. The lowest BCUT2D eigenvalue weighted by molar-refractivity contribution is -0.131. The van der Waals surface area contributed by atoms with Gasteiger partial charge in [-0.3, -0.25) is 0 Å². The van der Waals surface area contributed by atoms with Gasteiger partial charge in [0.05, 0.1) is 0 Å². The Morgan fingerprint density at radius 2 is 1.87 bits per heavy atom. The standard InChI is InChI=1S/C20H25ClO2/c1-13(7-6-8-14(2)11-19(22)23)9-10-18-15(3)12-16(4)20(21)17(18)5/h7,9-12H,6,8H2,1-5H3,(H,22,23). The first-order chi connectivity index (χ1) is 10.7. The average Bonchev–Trinajstić information content (AvgIpc) is 2.44. The number of aryl methyl sites for hydroxylation is 2. The van der Waals surface area contributed by atoms with Gasteiger partial charge in [0.25, 0.3) is 0 Å². The molecule has 0 aromatic heterocycles. The molecule has 0 radical (unpaired) electrons. The van der Waals surface area contributed by atoms with E-state index in [1.165, 1.54) is 11.6 Å². The summed E-state index contributed by atoms with van der Waals surface area (Å²) in [7, 11) is 0. The number of aliphatic carboxylic acids is 1. The third-order valence-electron chi connectivity index (χ3n) is 3.83. The highest BCUT2D eigenvalue weighted by atomic mass is 35.5. The zero-order chi connectivity index (χ0) is 17.6. The van der Waals surface area contributed by atoms with Crippen LogP contribution in [0.15, 0.2) is 35.4 Å². The predicted molar refractivity (Wildman–Crippen MR) is 99.1 cm³/mol. The van der Waals surface area contributed by atoms with Gasteiger partial charge in [-0.15, -0.1) is 0 Å². The molecule has 2 nitrogen and oxygen atoms in total. The Labute approximate surface area is 144 Å². The molecule has 0 amide bonds. The van der Waals surface area contributed by atoms with E-state index in [2.05, 4.69) is 31.2 Å². The third kappa shape index (κ3) is 6.07. The van der Waals surface area contributed by atoms with Gasteiger partial charge in [0.2, 0.25) is 0 Å². The first-order valence-electron chi connectivity index (χ1n) is 7.73. The summed E-state index contributed by atoms with van der Waals surface area (Å²) in [5.74, 6) is -0.884. The summed E-state index contributed by atoms with van der Waals surface area (Å²) in [6.45, 7) is 10.0. The van der Waals surface area contributed by atoms with Gasteiger partial charge >= 0.3 is 5.97 Å². The molecule has 0 bridgehead atoms. The SMILES string of the molecule is CC(C=Cc1c(C)cc(C)c(Cl)c1C)=CCCC(C)=CC(=O)O. The summed E-state index contributed by atoms with van der Waals surface area (Å²) in [5.41, 5.74) is 6.62. The maximum atomic E-state index is 10.6. The van der Waals surface area contributed by atoms with Crippen molar-refractivity contribution >= 4 is 23.6 Å². The minimum Gasteiger partial charge on any atom is -0.478 e. The third-order valence-corrected chi connectivity index (χ3v) is 4.41. The largest absolute Gasteiger partial charge is 0.478 e. The molecule has 0 saturated carbocycles. The maximum absolute atomic E-state index is 10.6. The minimum absolute atomic E-state index is 0.756. The zero-order valence-corrected chi connectivity index (χ0v) is 15.3. The normalized spacial score (nSPS) is 13.0. The molecule has 0 unspecified atom stereocenters. The first-order valence-corrected chi connectivity index (χ1v) is 8.11. The lowest BCUT2D eigenvalue weighted by Gasteiger charge is -2.10. The van der Waals surface area contributed by atoms with Gasteiger partial charge in [-0.25, -0.2) is 4.79 Å². The molecule has 1 rings (SSSR count). The quantitative estimate of drug-likeness (QED) is 0.509. The van der Waals surface area contributed by atoms with Crippen LogP contribution >= 0.6 is 11.6 Å². The molecule has 1 N–H and O–H groups in total. The van der Waals surface area contributed by atoms with Crippen molar-refractivity contribution in [3.05, 3.63) is 62.7 Å². The van der Waals surface area contributed by atoms with Crippen LogP contribution in [0, 0.1) is 20.8 Å². The van der Waals surface area contributed by atoms with E-state index in [4.69, 9.17) is 16.7 Å². The molecule has 0 aliphatic carbocycles. The Hall–Kier alpha value is -1.80. The fourth-order valence-corrected chi connectivity index (χ4v) is 2.68. The Morgan fingerprint density at radius 3 is 2.48 bits per heavy atom. The number of halogens is 1. The second kappa shape index (κ2) is 8.73. The van der Waals surface area contributed by atoms with Crippen molar-refractivity contribution in [3.8, 4) is 0 Å². The fraction of sp³-hybridized carbons (Fsp3) is 0.350. The van der Waals surface area contributed by atoms with Crippen LogP contribution in [-0.2, 0) is 4.79 Å². The second-order valence-corrected chi connectivity index (χ2v) is 6.39. The number of rotatable bonds is 6. The van der Waals surface area contributed by atoms with Gasteiger partial charge in [0.1, 0.15) is 0 Å². The van der Waals surface area contributed by atoms with E-state index in [9.17, 15) is 4.79 Å². The molecular weight excluding hydrogens is 308 g/mol. The van der Waals surface area contributed by atoms with E-state index in [-0.39, 0.29) is 0 Å². The maximum Gasteiger partial charge on any atom is 0.328 e. The molecule has 124 valence electrons. The summed E-state index contributed by atoms with van der Waals surface area (Å²) in [6.07, 6.45) is 9.15. The van der Waals surface area contributed by atoms with Crippen molar-refractivity contribution < 1.29 is 9.90 Å². The summed E-state index contributed by atoms with van der Waals surface area (Å²) >= 11 is 6.33. The highest BCUT2D eigenvalue weighted by Gasteiger charge is 2.06. The average molecular weight is 333 g/mol. The van der Waals surface area contributed by atoms with Gasteiger partial charge in [0.15, 0.2) is 0 Å². The number of carbonyl (C=O) groups is 1. The molecule has 0 aliphatic rings. The van der Waals surface area contributed by atoms with E-state index in [0.29, 0.717) is 0 Å². The van der Waals surface area contributed by atoms with Crippen molar-refractivity contribution in [1.82, 2.24) is 0 Å². The highest BCUT2D eigenvalue weighted by molar-refractivity contribution is 6.32. The summed E-state index contributed by atoms with van der Waals surface area (Å²) < 4.78 is 0. The van der Waals surface area contributed by atoms with E-state index in [1.807, 2.05) is 27.7 Å². The van der Waals surface area contributed by atoms with Crippen LogP contribution in [-0.4, -0.2) is 11.1 Å². The number of carboxylic acids is 1. The molecule has 0 heterocycles. The zero-order valence-electron chi connectivity index (χ0n) is 14.5. The van der Waals surface area contributed by atoms with E-state index < -0.39 is 5.97 Å². The number of benzene rings is 1. The first kappa shape index (κ1) is 19.2. The number of hydrogen-bond donors (Lipinski definition) is 1. The molecule has 0 atom stereocenters. The monoisotopic (exact) mass is 332 g/mol. The van der Waals surface area contributed by atoms with E-state index in [1.54, 1.807) is 0 Å². The smallest absolute Gasteiger partial charge is 0.328 e. The number of hydrogen-bond acceptors (Lipinski definition) is 1. The van der Waals surface area contributed by atoms with Crippen LogP contribution in [0.5, 0.6) is 0 Å². The van der Waals surface area contributed by atoms with Crippen LogP contribution in [0.3, 0.4) is 0 Å².